The normalized spacial score (nSPS) is 23.1. The van der Waals surface area contributed by atoms with Crippen molar-refractivity contribution in [3.05, 3.63) is 35.4 Å². The third-order valence-electron chi connectivity index (χ3n) is 3.46. The van der Waals surface area contributed by atoms with Crippen molar-refractivity contribution >= 4 is 0 Å². The van der Waals surface area contributed by atoms with E-state index in [1.165, 1.54) is 31.4 Å². The van der Waals surface area contributed by atoms with E-state index in [1.807, 2.05) is 13.8 Å². The third kappa shape index (κ3) is 4.10. The smallest absolute Gasteiger partial charge is 0.126 e. The topological polar surface area (TPSA) is 0 Å². The van der Waals surface area contributed by atoms with Gasteiger partial charge >= 0.3 is 0 Å². The lowest BCUT2D eigenvalue weighted by molar-refractivity contribution is 0.415. The number of halogens is 2. The molecule has 96 valence electrons. The van der Waals surface area contributed by atoms with Crippen LogP contribution in [0, 0.1) is 23.5 Å². The number of benzene rings is 1. The Morgan fingerprint density at radius 3 is 2.12 bits per heavy atom. The summed E-state index contributed by atoms with van der Waals surface area (Å²) in [5.41, 5.74) is 0.797. The molecule has 0 aromatic heterocycles. The predicted octanol–water partition coefficient (Wildman–Crippen LogP) is 4.97. The Hall–Kier alpha value is -0.920. The zero-order chi connectivity index (χ0) is 12.8. The van der Waals surface area contributed by atoms with Crippen molar-refractivity contribution in [3.8, 4) is 0 Å². The van der Waals surface area contributed by atoms with E-state index < -0.39 is 11.6 Å². The van der Waals surface area contributed by atoms with Crippen molar-refractivity contribution < 1.29 is 8.78 Å². The van der Waals surface area contributed by atoms with Gasteiger partial charge in [-0.05, 0) is 42.4 Å². The molecule has 1 aromatic carbocycles. The summed E-state index contributed by atoms with van der Waals surface area (Å²) in [5.74, 6) is 0.369. The van der Waals surface area contributed by atoms with E-state index in [9.17, 15) is 8.78 Å². The Morgan fingerprint density at radius 1 is 1.06 bits per heavy atom. The van der Waals surface area contributed by atoms with Crippen LogP contribution in [0.2, 0.25) is 0 Å². The van der Waals surface area contributed by atoms with E-state index in [0.717, 1.165) is 18.1 Å². The molecule has 0 unspecified atom stereocenters. The first kappa shape index (κ1) is 14.1. The molecule has 1 aromatic rings. The molecule has 0 aliphatic heterocycles. The second-order valence-corrected chi connectivity index (χ2v) is 4.65. The van der Waals surface area contributed by atoms with Gasteiger partial charge in [0.05, 0.1) is 0 Å². The lowest BCUT2D eigenvalue weighted by atomic mass is 9.91. The first-order valence-corrected chi connectivity index (χ1v) is 6.60. The van der Waals surface area contributed by atoms with Gasteiger partial charge in [-0.25, -0.2) is 8.78 Å². The van der Waals surface area contributed by atoms with Crippen molar-refractivity contribution in [3.63, 3.8) is 0 Å². The minimum absolute atomic E-state index is 0.462. The van der Waals surface area contributed by atoms with Crippen LogP contribution in [-0.2, 0) is 6.42 Å². The van der Waals surface area contributed by atoms with Gasteiger partial charge in [0.25, 0.3) is 0 Å². The Labute approximate surface area is 103 Å². The number of rotatable bonds is 2. The number of hydrogen-bond acceptors (Lipinski definition) is 0. The summed E-state index contributed by atoms with van der Waals surface area (Å²) >= 11 is 0. The molecule has 0 N–H and O–H groups in total. The first-order valence-electron chi connectivity index (χ1n) is 6.60. The lowest BCUT2D eigenvalue weighted by Crippen LogP contribution is -2.07. The molecular weight excluding hydrogens is 218 g/mol. The molecule has 0 spiro atoms. The molecule has 1 aliphatic carbocycles. The highest BCUT2D eigenvalue weighted by molar-refractivity contribution is 5.18. The zero-order valence-corrected chi connectivity index (χ0v) is 11.0. The summed E-state index contributed by atoms with van der Waals surface area (Å²) in [5, 5.41) is 0. The molecule has 0 radical (unpaired) electrons. The minimum atomic E-state index is -0.462. The summed E-state index contributed by atoms with van der Waals surface area (Å²) in [4.78, 5) is 0. The molecule has 2 rings (SSSR count). The van der Waals surface area contributed by atoms with E-state index in [-0.39, 0.29) is 0 Å². The Morgan fingerprint density at radius 2 is 1.65 bits per heavy atom. The summed E-state index contributed by atoms with van der Waals surface area (Å²) in [6.45, 7) is 6.23. The first-order chi connectivity index (χ1) is 8.15. The van der Waals surface area contributed by atoms with Gasteiger partial charge in [0.2, 0.25) is 0 Å². The highest BCUT2D eigenvalue weighted by Crippen LogP contribution is 2.33. The standard InChI is InChI=1S/C13H16F2.C2H6/c1-9-3-2-4-11(9)5-10-6-12(14)8-13(15)7-10;1-2/h6-9,11H,2-5H2,1H3;1-2H3/t9-,11-;/m1./s1. The maximum absolute atomic E-state index is 13.0. The molecule has 1 fully saturated rings. The molecule has 0 bridgehead atoms. The van der Waals surface area contributed by atoms with E-state index in [2.05, 4.69) is 6.92 Å². The molecule has 0 amide bonds. The van der Waals surface area contributed by atoms with E-state index in [1.54, 1.807) is 0 Å². The van der Waals surface area contributed by atoms with Gasteiger partial charge in [0.1, 0.15) is 11.6 Å². The SMILES string of the molecule is CC.C[C@@H]1CCC[C@@H]1Cc1cc(F)cc(F)c1. The molecule has 0 nitrogen and oxygen atoms in total. The fourth-order valence-electron chi connectivity index (χ4n) is 2.56. The molecule has 2 heteroatoms. The van der Waals surface area contributed by atoms with E-state index in [0.29, 0.717) is 11.8 Å². The number of hydrogen-bond donors (Lipinski definition) is 0. The average molecular weight is 240 g/mol. The van der Waals surface area contributed by atoms with Crippen LogP contribution >= 0.6 is 0 Å². The van der Waals surface area contributed by atoms with Gasteiger partial charge in [-0.3, -0.25) is 0 Å². The van der Waals surface area contributed by atoms with Crippen molar-refractivity contribution in [2.24, 2.45) is 11.8 Å². The van der Waals surface area contributed by atoms with Gasteiger partial charge in [-0.2, -0.15) is 0 Å². The predicted molar refractivity (Wildman–Crippen MR) is 67.9 cm³/mol. The van der Waals surface area contributed by atoms with Crippen LogP contribution < -0.4 is 0 Å². The zero-order valence-electron chi connectivity index (χ0n) is 11.0. The third-order valence-corrected chi connectivity index (χ3v) is 3.46. The van der Waals surface area contributed by atoms with Crippen LogP contribution in [0.25, 0.3) is 0 Å². The van der Waals surface area contributed by atoms with Crippen LogP contribution in [0.3, 0.4) is 0 Å². The molecule has 1 aliphatic rings. The van der Waals surface area contributed by atoms with Crippen LogP contribution in [0.1, 0.15) is 45.6 Å². The molecule has 2 atom stereocenters. The van der Waals surface area contributed by atoms with Gasteiger partial charge in [0, 0.05) is 6.07 Å². The molecule has 1 saturated carbocycles. The van der Waals surface area contributed by atoms with Crippen LogP contribution in [-0.4, -0.2) is 0 Å². The highest BCUT2D eigenvalue weighted by Gasteiger charge is 2.23. The second kappa shape index (κ2) is 6.73. The van der Waals surface area contributed by atoms with Gasteiger partial charge in [0.15, 0.2) is 0 Å². The van der Waals surface area contributed by atoms with E-state index in [4.69, 9.17) is 0 Å². The summed E-state index contributed by atoms with van der Waals surface area (Å²) in [6, 6.07) is 3.84. The highest BCUT2D eigenvalue weighted by atomic mass is 19.1. The maximum Gasteiger partial charge on any atom is 0.126 e. The Balaban J connectivity index is 0.000000686. The summed E-state index contributed by atoms with van der Waals surface area (Å²) in [7, 11) is 0. The van der Waals surface area contributed by atoms with Gasteiger partial charge in [-0.15, -0.1) is 0 Å². The fourth-order valence-corrected chi connectivity index (χ4v) is 2.56. The van der Waals surface area contributed by atoms with Gasteiger partial charge in [-0.1, -0.05) is 33.6 Å². The average Bonchev–Trinajstić information content (AvgIpc) is 2.66. The maximum atomic E-state index is 13.0. The lowest BCUT2D eigenvalue weighted by Gasteiger charge is -2.15. The second-order valence-electron chi connectivity index (χ2n) is 4.65. The quantitative estimate of drug-likeness (QED) is 0.684. The minimum Gasteiger partial charge on any atom is -0.207 e. The van der Waals surface area contributed by atoms with E-state index >= 15 is 0 Å². The van der Waals surface area contributed by atoms with Crippen molar-refractivity contribution in [1.82, 2.24) is 0 Å². The monoisotopic (exact) mass is 240 g/mol. The molecule has 17 heavy (non-hydrogen) atoms. The molecule has 0 heterocycles. The van der Waals surface area contributed by atoms with Crippen molar-refractivity contribution in [1.29, 1.82) is 0 Å². The van der Waals surface area contributed by atoms with Gasteiger partial charge < -0.3 is 0 Å². The van der Waals surface area contributed by atoms with Crippen LogP contribution in [0.4, 0.5) is 8.78 Å². The molecule has 0 saturated heterocycles. The van der Waals surface area contributed by atoms with Crippen LogP contribution in [0.15, 0.2) is 18.2 Å². The summed E-state index contributed by atoms with van der Waals surface area (Å²) in [6.07, 6.45) is 4.52. The fraction of sp³-hybridized carbons (Fsp3) is 0.600. The Kier molecular flexibility index (Phi) is 5.60. The van der Waals surface area contributed by atoms with Crippen LogP contribution in [0.5, 0.6) is 0 Å². The Bertz CT molecular complexity index is 327. The molecular formula is C15H22F2. The summed E-state index contributed by atoms with van der Waals surface area (Å²) < 4.78 is 25.9. The van der Waals surface area contributed by atoms with Crippen molar-refractivity contribution in [2.45, 2.75) is 46.5 Å². The largest absolute Gasteiger partial charge is 0.207 e. The van der Waals surface area contributed by atoms with Crippen molar-refractivity contribution in [2.75, 3.05) is 0 Å².